The number of carbonyl (C=O) groups is 1. The van der Waals surface area contributed by atoms with E-state index in [4.69, 9.17) is 4.42 Å². The van der Waals surface area contributed by atoms with Gasteiger partial charge in [-0.15, -0.1) is 11.3 Å². The molecule has 9 heteroatoms. The number of aromatic nitrogens is 2. The number of amides is 1. The number of hydrogen-bond donors (Lipinski definition) is 1. The predicted octanol–water partition coefficient (Wildman–Crippen LogP) is 3.80. The molecule has 2 aromatic carbocycles. The molecule has 7 nitrogen and oxygen atoms in total. The van der Waals surface area contributed by atoms with Crippen LogP contribution in [-0.2, 0) is 17.9 Å². The maximum Gasteiger partial charge on any atom is 0.332 e. The second-order valence-corrected chi connectivity index (χ2v) is 8.22. The largest absolute Gasteiger partial charge is 0.467 e. The number of carbonyl (C=O) groups excluding carboxylic acids is 1. The fraction of sp³-hybridized carbons (Fsp3) is 0.0870. The lowest BCUT2D eigenvalue weighted by molar-refractivity contribution is -0.116. The van der Waals surface area contributed by atoms with E-state index >= 15 is 0 Å². The Morgan fingerprint density at radius 2 is 1.78 bits per heavy atom. The lowest BCUT2D eigenvalue weighted by atomic mass is 10.2. The molecule has 0 aliphatic carbocycles. The Balaban J connectivity index is 1.65. The highest BCUT2D eigenvalue weighted by Gasteiger charge is 2.20. The van der Waals surface area contributed by atoms with E-state index in [1.807, 2.05) is 24.3 Å². The number of nitrogens with one attached hydrogen (secondary N) is 1. The zero-order valence-electron chi connectivity index (χ0n) is 16.6. The van der Waals surface area contributed by atoms with Gasteiger partial charge in [-0.25, -0.2) is 9.18 Å². The van der Waals surface area contributed by atoms with E-state index in [9.17, 15) is 18.8 Å². The highest BCUT2D eigenvalue weighted by atomic mass is 32.1. The summed E-state index contributed by atoms with van der Waals surface area (Å²) in [5.41, 5.74) is -0.222. The fourth-order valence-corrected chi connectivity index (χ4v) is 4.77. The van der Waals surface area contributed by atoms with Gasteiger partial charge >= 0.3 is 5.69 Å². The van der Waals surface area contributed by atoms with Crippen LogP contribution in [0.15, 0.2) is 80.9 Å². The van der Waals surface area contributed by atoms with Crippen LogP contribution in [0.2, 0.25) is 0 Å². The van der Waals surface area contributed by atoms with Crippen molar-refractivity contribution in [3.8, 4) is 0 Å². The van der Waals surface area contributed by atoms with Crippen molar-refractivity contribution >= 4 is 43.2 Å². The van der Waals surface area contributed by atoms with E-state index in [0.717, 1.165) is 14.7 Å². The molecule has 0 saturated heterocycles. The molecule has 1 N–H and O–H groups in total. The lowest BCUT2D eigenvalue weighted by Gasteiger charge is -2.12. The van der Waals surface area contributed by atoms with Crippen molar-refractivity contribution in [2.24, 2.45) is 0 Å². The van der Waals surface area contributed by atoms with Crippen LogP contribution in [0.4, 0.5) is 10.1 Å². The van der Waals surface area contributed by atoms with Crippen molar-refractivity contribution in [1.82, 2.24) is 9.13 Å². The van der Waals surface area contributed by atoms with Crippen LogP contribution in [-0.4, -0.2) is 15.0 Å². The Kier molecular flexibility index (Phi) is 4.95. The first-order valence-corrected chi connectivity index (χ1v) is 10.6. The van der Waals surface area contributed by atoms with Gasteiger partial charge in [0, 0.05) is 15.8 Å². The normalized spacial score (nSPS) is 11.3. The standard InChI is InChI=1S/C23H16FN3O4S/c24-14-7-9-15(10-8-14)25-19(28)13-26-20-17-5-1-2-6-18(17)32-21(20)22(29)27(23(26)30)12-16-4-3-11-31-16/h1-11H,12-13H2,(H,25,28). The second-order valence-electron chi connectivity index (χ2n) is 7.17. The zero-order valence-corrected chi connectivity index (χ0v) is 17.4. The van der Waals surface area contributed by atoms with Crippen LogP contribution in [0.5, 0.6) is 0 Å². The van der Waals surface area contributed by atoms with Crippen LogP contribution in [0, 0.1) is 5.82 Å². The lowest BCUT2D eigenvalue weighted by Crippen LogP contribution is -2.41. The molecule has 0 atom stereocenters. The van der Waals surface area contributed by atoms with Crippen molar-refractivity contribution in [1.29, 1.82) is 0 Å². The molecule has 5 aromatic rings. The molecule has 32 heavy (non-hydrogen) atoms. The number of anilines is 1. The SMILES string of the molecule is O=C(Cn1c(=O)n(Cc2ccco2)c(=O)c2sc3ccccc3c21)Nc1ccc(F)cc1. The predicted molar refractivity (Wildman–Crippen MR) is 121 cm³/mol. The molecule has 3 heterocycles. The first-order chi connectivity index (χ1) is 15.5. The molecule has 0 bridgehead atoms. The van der Waals surface area contributed by atoms with Gasteiger partial charge in [0.25, 0.3) is 5.56 Å². The smallest absolute Gasteiger partial charge is 0.332 e. The molecular formula is C23H16FN3O4S. The highest BCUT2D eigenvalue weighted by molar-refractivity contribution is 7.25. The van der Waals surface area contributed by atoms with Crippen molar-refractivity contribution in [3.05, 3.63) is 99.3 Å². The van der Waals surface area contributed by atoms with Crippen molar-refractivity contribution in [2.75, 3.05) is 5.32 Å². The van der Waals surface area contributed by atoms with Gasteiger partial charge in [0.2, 0.25) is 5.91 Å². The molecule has 0 aliphatic rings. The third kappa shape index (κ3) is 3.52. The molecule has 0 saturated carbocycles. The monoisotopic (exact) mass is 449 g/mol. The summed E-state index contributed by atoms with van der Waals surface area (Å²) < 4.78 is 22.1. The minimum atomic E-state index is -0.614. The van der Waals surface area contributed by atoms with E-state index in [0.29, 0.717) is 21.7 Å². The Bertz CT molecular complexity index is 1560. The fourth-order valence-electron chi connectivity index (χ4n) is 3.62. The third-order valence-corrected chi connectivity index (χ3v) is 6.21. The number of benzene rings is 2. The van der Waals surface area contributed by atoms with Gasteiger partial charge in [0.15, 0.2) is 0 Å². The quantitative estimate of drug-likeness (QED) is 0.442. The molecule has 0 unspecified atom stereocenters. The minimum Gasteiger partial charge on any atom is -0.467 e. The van der Waals surface area contributed by atoms with Crippen LogP contribution in [0.25, 0.3) is 20.3 Å². The Morgan fingerprint density at radius 3 is 2.53 bits per heavy atom. The van der Waals surface area contributed by atoms with Crippen molar-refractivity contribution < 1.29 is 13.6 Å². The molecule has 0 radical (unpaired) electrons. The van der Waals surface area contributed by atoms with Gasteiger partial charge in [0.05, 0.1) is 18.3 Å². The summed E-state index contributed by atoms with van der Waals surface area (Å²) in [7, 11) is 0. The number of nitrogens with zero attached hydrogens (tertiary/aromatic N) is 2. The molecule has 3 aromatic heterocycles. The van der Waals surface area contributed by atoms with E-state index in [-0.39, 0.29) is 13.1 Å². The summed E-state index contributed by atoms with van der Waals surface area (Å²) in [6, 6.07) is 16.0. The van der Waals surface area contributed by atoms with E-state index in [1.165, 1.54) is 46.4 Å². The van der Waals surface area contributed by atoms with E-state index in [1.54, 1.807) is 12.1 Å². The summed E-state index contributed by atoms with van der Waals surface area (Å²) >= 11 is 1.27. The van der Waals surface area contributed by atoms with Crippen LogP contribution < -0.4 is 16.6 Å². The van der Waals surface area contributed by atoms with Crippen LogP contribution in [0.1, 0.15) is 5.76 Å². The second kappa shape index (κ2) is 7.93. The van der Waals surface area contributed by atoms with E-state index < -0.39 is 23.0 Å². The van der Waals surface area contributed by atoms with Gasteiger partial charge in [-0.05, 0) is 42.5 Å². The van der Waals surface area contributed by atoms with Gasteiger partial charge in [-0.2, -0.15) is 0 Å². The molecule has 0 aliphatic heterocycles. The summed E-state index contributed by atoms with van der Waals surface area (Å²) in [6.45, 7) is -0.361. The average Bonchev–Trinajstić information content (AvgIpc) is 3.44. The van der Waals surface area contributed by atoms with Gasteiger partial charge < -0.3 is 9.73 Å². The molecule has 0 spiro atoms. The summed E-state index contributed by atoms with van der Waals surface area (Å²) in [5.74, 6) is -0.443. The Hall–Kier alpha value is -3.98. The first-order valence-electron chi connectivity index (χ1n) is 9.74. The first kappa shape index (κ1) is 20.0. The van der Waals surface area contributed by atoms with Crippen molar-refractivity contribution in [2.45, 2.75) is 13.1 Å². The number of fused-ring (bicyclic) bond motifs is 3. The average molecular weight is 449 g/mol. The number of halogens is 1. The maximum absolute atomic E-state index is 13.4. The molecule has 0 fully saturated rings. The Labute approximate surface area is 183 Å². The molecular weight excluding hydrogens is 433 g/mol. The summed E-state index contributed by atoms with van der Waals surface area (Å²) in [4.78, 5) is 39.3. The summed E-state index contributed by atoms with van der Waals surface area (Å²) in [5, 5.41) is 3.39. The Morgan fingerprint density at radius 1 is 1.00 bits per heavy atom. The molecule has 5 rings (SSSR count). The van der Waals surface area contributed by atoms with E-state index in [2.05, 4.69) is 5.32 Å². The number of hydrogen-bond acceptors (Lipinski definition) is 5. The van der Waals surface area contributed by atoms with Gasteiger partial charge in [-0.1, -0.05) is 18.2 Å². The highest BCUT2D eigenvalue weighted by Crippen LogP contribution is 2.30. The number of thiophene rings is 1. The number of furan rings is 1. The minimum absolute atomic E-state index is 0.0472. The third-order valence-electron chi connectivity index (χ3n) is 5.06. The van der Waals surface area contributed by atoms with Crippen LogP contribution in [0.3, 0.4) is 0 Å². The van der Waals surface area contributed by atoms with Gasteiger partial charge in [0.1, 0.15) is 22.8 Å². The molecule has 1 amide bonds. The summed E-state index contributed by atoms with van der Waals surface area (Å²) in [6.07, 6.45) is 1.47. The number of rotatable bonds is 5. The van der Waals surface area contributed by atoms with Crippen LogP contribution >= 0.6 is 11.3 Å². The maximum atomic E-state index is 13.4. The topological polar surface area (TPSA) is 86.2 Å². The van der Waals surface area contributed by atoms with Gasteiger partial charge in [-0.3, -0.25) is 18.7 Å². The molecule has 160 valence electrons. The zero-order chi connectivity index (χ0) is 22.2. The van der Waals surface area contributed by atoms with Crippen molar-refractivity contribution in [3.63, 3.8) is 0 Å².